The van der Waals surface area contributed by atoms with Crippen molar-refractivity contribution < 1.29 is 14.0 Å². The van der Waals surface area contributed by atoms with Crippen molar-refractivity contribution in [3.63, 3.8) is 0 Å². The Labute approximate surface area is 231 Å². The number of benzene rings is 2. The summed E-state index contributed by atoms with van der Waals surface area (Å²) in [5.74, 6) is -0.615. The number of anilines is 2. The van der Waals surface area contributed by atoms with Gasteiger partial charge in [0.1, 0.15) is 16.4 Å². The number of carbonyl (C=O) groups is 2. The molecule has 1 saturated heterocycles. The third-order valence-electron chi connectivity index (χ3n) is 5.91. The topological polar surface area (TPSA) is 66.7 Å². The average Bonchev–Trinajstić information content (AvgIpc) is 3.28. The standard InChI is InChI=1S/C30H25N3O3S2/c1-18-11-19(2)14-22(13-18)32-28(34)25(17-24-8-9-27(36-24)38-26-7-5-6-10-31-26)29(35)33(30(32)37)23-15-20(3)12-21(4)16-23/h5-17H,1-4H3. The molecule has 38 heavy (non-hydrogen) atoms. The first-order chi connectivity index (χ1) is 18.2. The second-order valence-corrected chi connectivity index (χ2v) is 10.6. The Morgan fingerprint density at radius 2 is 1.34 bits per heavy atom. The zero-order valence-electron chi connectivity index (χ0n) is 21.4. The van der Waals surface area contributed by atoms with Crippen LogP contribution in [0, 0.1) is 27.7 Å². The number of amides is 2. The molecule has 2 aromatic heterocycles. The molecule has 1 aliphatic rings. The third kappa shape index (κ3) is 5.18. The van der Waals surface area contributed by atoms with Crippen molar-refractivity contribution in [3.8, 4) is 0 Å². The van der Waals surface area contributed by atoms with Crippen molar-refractivity contribution in [2.75, 3.05) is 9.80 Å². The van der Waals surface area contributed by atoms with Gasteiger partial charge in [-0.25, -0.2) is 4.98 Å². The van der Waals surface area contributed by atoms with Crippen LogP contribution in [0.5, 0.6) is 0 Å². The fraction of sp³-hybridized carbons (Fsp3) is 0.133. The molecule has 1 fully saturated rings. The van der Waals surface area contributed by atoms with E-state index in [1.54, 1.807) is 18.3 Å². The highest BCUT2D eigenvalue weighted by Crippen LogP contribution is 2.33. The summed E-state index contributed by atoms with van der Waals surface area (Å²) < 4.78 is 5.94. The molecule has 8 heteroatoms. The predicted octanol–water partition coefficient (Wildman–Crippen LogP) is 6.81. The molecule has 2 amide bonds. The molecular formula is C30H25N3O3S2. The Kier molecular flexibility index (Phi) is 7.01. The lowest BCUT2D eigenvalue weighted by molar-refractivity contribution is -0.120. The van der Waals surface area contributed by atoms with Gasteiger partial charge in [-0.2, -0.15) is 0 Å². The molecule has 4 aromatic rings. The van der Waals surface area contributed by atoms with Crippen LogP contribution in [0.25, 0.3) is 6.08 Å². The maximum absolute atomic E-state index is 13.8. The summed E-state index contributed by atoms with van der Waals surface area (Å²) in [6.45, 7) is 7.84. The zero-order valence-corrected chi connectivity index (χ0v) is 23.0. The van der Waals surface area contributed by atoms with Gasteiger partial charge in [0.2, 0.25) is 0 Å². The summed E-state index contributed by atoms with van der Waals surface area (Å²) in [4.78, 5) is 34.8. The van der Waals surface area contributed by atoms with Crippen LogP contribution in [0.2, 0.25) is 0 Å². The first-order valence-corrected chi connectivity index (χ1v) is 13.2. The van der Waals surface area contributed by atoms with Crippen LogP contribution in [-0.4, -0.2) is 21.9 Å². The predicted molar refractivity (Wildman–Crippen MR) is 154 cm³/mol. The Morgan fingerprint density at radius 3 is 1.84 bits per heavy atom. The lowest BCUT2D eigenvalue weighted by atomic mass is 10.0. The number of aryl methyl sites for hydroxylation is 4. The van der Waals surface area contributed by atoms with Gasteiger partial charge in [-0.3, -0.25) is 19.4 Å². The Balaban J connectivity index is 1.59. The second kappa shape index (κ2) is 10.4. The molecule has 6 nitrogen and oxygen atoms in total. The van der Waals surface area contributed by atoms with E-state index in [0.29, 0.717) is 22.2 Å². The summed E-state index contributed by atoms with van der Waals surface area (Å²) in [5.41, 5.74) is 5.11. The average molecular weight is 540 g/mol. The van der Waals surface area contributed by atoms with Gasteiger partial charge in [0.25, 0.3) is 11.8 Å². The van der Waals surface area contributed by atoms with Crippen LogP contribution in [0.15, 0.2) is 93.0 Å². The Bertz CT molecular complexity index is 1490. The van der Waals surface area contributed by atoms with Gasteiger partial charge >= 0.3 is 0 Å². The van der Waals surface area contributed by atoms with Crippen molar-refractivity contribution >= 4 is 58.4 Å². The van der Waals surface area contributed by atoms with E-state index in [4.69, 9.17) is 16.6 Å². The number of carbonyl (C=O) groups excluding carboxylic acids is 2. The maximum Gasteiger partial charge on any atom is 0.270 e. The van der Waals surface area contributed by atoms with E-state index in [1.807, 2.05) is 82.3 Å². The summed E-state index contributed by atoms with van der Waals surface area (Å²) >= 11 is 7.14. The SMILES string of the molecule is Cc1cc(C)cc(N2C(=O)C(=Cc3ccc(Sc4ccccn4)o3)C(=O)N(c3cc(C)cc(C)c3)C2=S)c1. The smallest absolute Gasteiger partial charge is 0.270 e. The van der Waals surface area contributed by atoms with E-state index >= 15 is 0 Å². The molecule has 0 aliphatic carbocycles. The number of furan rings is 1. The fourth-order valence-corrected chi connectivity index (χ4v) is 5.58. The molecule has 5 rings (SSSR count). The maximum atomic E-state index is 13.8. The highest BCUT2D eigenvalue weighted by Gasteiger charge is 2.41. The van der Waals surface area contributed by atoms with E-state index in [2.05, 4.69) is 4.98 Å². The van der Waals surface area contributed by atoms with Gasteiger partial charge in [-0.15, -0.1) is 0 Å². The number of thiocarbonyl (C=S) groups is 1. The van der Waals surface area contributed by atoms with E-state index in [-0.39, 0.29) is 10.7 Å². The van der Waals surface area contributed by atoms with Crippen LogP contribution >= 0.6 is 24.0 Å². The quantitative estimate of drug-likeness (QED) is 0.158. The van der Waals surface area contributed by atoms with Crippen LogP contribution < -0.4 is 9.80 Å². The number of rotatable bonds is 5. The van der Waals surface area contributed by atoms with Crippen LogP contribution in [0.3, 0.4) is 0 Å². The van der Waals surface area contributed by atoms with E-state index in [0.717, 1.165) is 27.3 Å². The number of hydrogen-bond acceptors (Lipinski definition) is 6. The molecule has 0 radical (unpaired) electrons. The first kappa shape index (κ1) is 25.6. The summed E-state index contributed by atoms with van der Waals surface area (Å²) in [6.07, 6.45) is 3.19. The molecule has 0 spiro atoms. The molecule has 0 atom stereocenters. The van der Waals surface area contributed by atoms with Gasteiger partial charge in [0.05, 0.1) is 11.4 Å². The van der Waals surface area contributed by atoms with Crippen LogP contribution in [-0.2, 0) is 9.59 Å². The first-order valence-electron chi connectivity index (χ1n) is 12.0. The minimum absolute atomic E-state index is 0.0411. The number of aromatic nitrogens is 1. The van der Waals surface area contributed by atoms with Gasteiger partial charge in [-0.1, -0.05) is 18.2 Å². The van der Waals surface area contributed by atoms with Crippen molar-refractivity contribution in [2.24, 2.45) is 0 Å². The minimum Gasteiger partial charge on any atom is -0.450 e. The third-order valence-corrected chi connectivity index (χ3v) is 7.15. The van der Waals surface area contributed by atoms with Gasteiger partial charge in [-0.05, 0) is 129 Å². The van der Waals surface area contributed by atoms with Crippen molar-refractivity contribution in [3.05, 3.63) is 107 Å². The summed E-state index contributed by atoms with van der Waals surface area (Å²) in [7, 11) is 0. The Morgan fingerprint density at radius 1 is 0.789 bits per heavy atom. The van der Waals surface area contributed by atoms with Crippen molar-refractivity contribution in [1.29, 1.82) is 0 Å². The molecule has 0 N–H and O–H groups in total. The van der Waals surface area contributed by atoms with E-state index < -0.39 is 11.8 Å². The van der Waals surface area contributed by atoms with Gasteiger partial charge in [0.15, 0.2) is 10.2 Å². The van der Waals surface area contributed by atoms with Crippen LogP contribution in [0.1, 0.15) is 28.0 Å². The van der Waals surface area contributed by atoms with E-state index in [1.165, 1.54) is 27.6 Å². The minimum atomic E-state index is -0.499. The zero-order chi connectivity index (χ0) is 27.0. The molecule has 190 valence electrons. The molecule has 0 unspecified atom stereocenters. The summed E-state index contributed by atoms with van der Waals surface area (Å²) in [6, 6.07) is 20.7. The molecule has 0 bridgehead atoms. The molecular weight excluding hydrogens is 514 g/mol. The van der Waals surface area contributed by atoms with E-state index in [9.17, 15) is 9.59 Å². The molecule has 3 heterocycles. The van der Waals surface area contributed by atoms with Crippen LogP contribution in [0.4, 0.5) is 11.4 Å². The summed E-state index contributed by atoms with van der Waals surface area (Å²) in [5, 5.41) is 1.48. The van der Waals surface area contributed by atoms with Gasteiger partial charge in [0, 0.05) is 6.20 Å². The fourth-order valence-electron chi connectivity index (χ4n) is 4.46. The second-order valence-electron chi connectivity index (χ2n) is 9.24. The number of hydrogen-bond donors (Lipinski definition) is 0. The molecule has 2 aromatic carbocycles. The monoisotopic (exact) mass is 539 g/mol. The largest absolute Gasteiger partial charge is 0.450 e. The van der Waals surface area contributed by atoms with Gasteiger partial charge < -0.3 is 4.42 Å². The lowest BCUT2D eigenvalue weighted by Gasteiger charge is -2.37. The molecule has 0 saturated carbocycles. The Hall–Kier alpha value is -4.01. The lowest BCUT2D eigenvalue weighted by Crippen LogP contribution is -2.57. The van der Waals surface area contributed by atoms with Crippen molar-refractivity contribution in [2.45, 2.75) is 37.8 Å². The highest BCUT2D eigenvalue weighted by atomic mass is 32.2. The number of nitrogens with zero attached hydrogens (tertiary/aromatic N) is 3. The number of pyridine rings is 1. The normalized spacial score (nSPS) is 13.9. The molecule has 1 aliphatic heterocycles. The highest BCUT2D eigenvalue weighted by molar-refractivity contribution is 7.99. The van der Waals surface area contributed by atoms with Crippen molar-refractivity contribution in [1.82, 2.24) is 4.98 Å².